The predicted molar refractivity (Wildman–Crippen MR) is 137 cm³/mol. The second-order valence-corrected chi connectivity index (χ2v) is 13.4. The molecule has 1 aromatic rings. The Morgan fingerprint density at radius 3 is 2.46 bits per heavy atom. The zero-order valence-corrected chi connectivity index (χ0v) is 22.8. The van der Waals surface area contributed by atoms with Crippen LogP contribution >= 0.6 is 0 Å². The van der Waals surface area contributed by atoms with Gasteiger partial charge in [0.2, 0.25) is 0 Å². The van der Waals surface area contributed by atoms with E-state index < -0.39 is 5.60 Å². The molecule has 196 valence electrons. The molecule has 1 atom stereocenters. The van der Waals surface area contributed by atoms with E-state index in [2.05, 4.69) is 41.3 Å². The van der Waals surface area contributed by atoms with Gasteiger partial charge in [-0.15, -0.1) is 0 Å². The summed E-state index contributed by atoms with van der Waals surface area (Å²) < 4.78 is 13.2. The van der Waals surface area contributed by atoms with E-state index in [1.165, 1.54) is 25.1 Å². The molecule has 3 saturated heterocycles. The smallest absolute Gasteiger partial charge is 0.410 e. The maximum atomic E-state index is 12.3. The van der Waals surface area contributed by atoms with Crippen LogP contribution in [0.5, 0.6) is 0 Å². The Kier molecular flexibility index (Phi) is 6.15. The van der Waals surface area contributed by atoms with Crippen molar-refractivity contribution in [2.75, 3.05) is 51.3 Å². The zero-order chi connectivity index (χ0) is 25.2. The monoisotopic (exact) mass is 487 g/mol. The summed E-state index contributed by atoms with van der Waals surface area (Å²) >= 11 is 0. The largest absolute Gasteiger partial charge is 0.444 e. The summed E-state index contributed by atoms with van der Waals surface area (Å²) in [5, 5.41) is 5.12. The van der Waals surface area contributed by atoms with Crippen LogP contribution in [0.3, 0.4) is 0 Å². The lowest BCUT2D eigenvalue weighted by atomic mass is 9.61. The van der Waals surface area contributed by atoms with Gasteiger partial charge in [-0.25, -0.2) is 4.79 Å². The van der Waals surface area contributed by atoms with Crippen molar-refractivity contribution < 1.29 is 14.3 Å². The van der Waals surface area contributed by atoms with E-state index in [0.717, 1.165) is 57.3 Å². The zero-order valence-electron chi connectivity index (χ0n) is 22.8. The number of nitrogens with zero attached hydrogens (tertiary/aromatic N) is 5. The molecule has 4 fully saturated rings. The van der Waals surface area contributed by atoms with Crippen molar-refractivity contribution in [3.63, 3.8) is 0 Å². The first-order chi connectivity index (χ1) is 16.4. The van der Waals surface area contributed by atoms with E-state index in [9.17, 15) is 4.79 Å². The van der Waals surface area contributed by atoms with Crippen LogP contribution in [-0.4, -0.2) is 89.3 Å². The second kappa shape index (κ2) is 8.65. The number of likely N-dealkylation sites (tertiary alicyclic amines) is 2. The lowest BCUT2D eigenvalue weighted by Gasteiger charge is -2.58. The third kappa shape index (κ3) is 4.93. The minimum absolute atomic E-state index is 0.1000. The molecule has 1 aromatic heterocycles. The number of aromatic nitrogens is 2. The number of anilines is 1. The number of carbonyl (C=O) groups excluding carboxylic acids is 1. The Labute approximate surface area is 210 Å². The molecule has 0 bridgehead atoms. The highest BCUT2D eigenvalue weighted by molar-refractivity contribution is 5.69. The van der Waals surface area contributed by atoms with Gasteiger partial charge in [-0.3, -0.25) is 9.58 Å². The Balaban J connectivity index is 1.14. The predicted octanol–water partition coefficient (Wildman–Crippen LogP) is 4.09. The van der Waals surface area contributed by atoms with Crippen molar-refractivity contribution in [2.45, 2.75) is 90.5 Å². The van der Waals surface area contributed by atoms with Crippen molar-refractivity contribution in [3.8, 4) is 0 Å². The van der Waals surface area contributed by atoms with Crippen LogP contribution in [0.1, 0.15) is 72.0 Å². The number of hydrogen-bond donors (Lipinski definition) is 0. The van der Waals surface area contributed by atoms with Gasteiger partial charge in [0, 0.05) is 69.1 Å². The van der Waals surface area contributed by atoms with Gasteiger partial charge in [0.25, 0.3) is 0 Å². The van der Waals surface area contributed by atoms with Crippen LogP contribution < -0.4 is 4.90 Å². The lowest BCUT2D eigenvalue weighted by molar-refractivity contribution is -0.0930. The highest BCUT2D eigenvalue weighted by Crippen LogP contribution is 2.54. The first-order valence-electron chi connectivity index (χ1n) is 13.4. The minimum Gasteiger partial charge on any atom is -0.444 e. The van der Waals surface area contributed by atoms with Crippen molar-refractivity contribution >= 4 is 11.9 Å². The molecule has 1 saturated carbocycles. The van der Waals surface area contributed by atoms with Crippen LogP contribution in [0.15, 0.2) is 6.07 Å². The van der Waals surface area contributed by atoms with E-state index in [-0.39, 0.29) is 17.0 Å². The minimum atomic E-state index is -0.436. The Bertz CT molecular complexity index is 931. The van der Waals surface area contributed by atoms with Crippen molar-refractivity contribution in [3.05, 3.63) is 11.8 Å². The number of rotatable bonds is 5. The number of hydrogen-bond acceptors (Lipinski definition) is 6. The average Bonchev–Trinajstić information content (AvgIpc) is 3.01. The summed E-state index contributed by atoms with van der Waals surface area (Å²) in [6.45, 7) is 18.7. The first-order valence-corrected chi connectivity index (χ1v) is 13.4. The van der Waals surface area contributed by atoms with Gasteiger partial charge >= 0.3 is 6.09 Å². The summed E-state index contributed by atoms with van der Waals surface area (Å²) in [7, 11) is 1.82. The molecule has 5 rings (SSSR count). The maximum Gasteiger partial charge on any atom is 0.410 e. The number of piperidine rings is 1. The SMILES string of the molecule is COC1CN(CC2CCN(c3cc(C)n(C4CC5(C4)CN(C(=O)OC(C)(C)C)C5)n3)C(C)(C)C2)C1. The number of methoxy groups -OCH3 is 1. The number of ether oxygens (including phenoxy) is 2. The Hall–Kier alpha value is -1.80. The second-order valence-electron chi connectivity index (χ2n) is 13.4. The van der Waals surface area contributed by atoms with Gasteiger partial charge in [-0.2, -0.15) is 5.10 Å². The maximum absolute atomic E-state index is 12.3. The molecule has 1 amide bonds. The van der Waals surface area contributed by atoms with Crippen LogP contribution in [0, 0.1) is 18.3 Å². The molecule has 0 aromatic carbocycles. The van der Waals surface area contributed by atoms with Gasteiger partial charge in [-0.05, 0) is 73.1 Å². The van der Waals surface area contributed by atoms with E-state index in [0.29, 0.717) is 12.1 Å². The van der Waals surface area contributed by atoms with Gasteiger partial charge in [0.1, 0.15) is 5.60 Å². The summed E-state index contributed by atoms with van der Waals surface area (Å²) in [6.07, 6.45) is 4.86. The third-order valence-corrected chi connectivity index (χ3v) is 8.63. The molecule has 1 spiro atoms. The fraction of sp³-hybridized carbons (Fsp3) is 0.852. The molecular weight excluding hydrogens is 442 g/mol. The van der Waals surface area contributed by atoms with Gasteiger partial charge in [-0.1, -0.05) is 0 Å². The van der Waals surface area contributed by atoms with Crippen LogP contribution in [0.25, 0.3) is 0 Å². The molecule has 3 aliphatic heterocycles. The van der Waals surface area contributed by atoms with Gasteiger partial charge < -0.3 is 19.3 Å². The average molecular weight is 488 g/mol. The molecule has 4 heterocycles. The van der Waals surface area contributed by atoms with Crippen molar-refractivity contribution in [1.82, 2.24) is 19.6 Å². The molecule has 4 aliphatic rings. The Morgan fingerprint density at radius 2 is 1.86 bits per heavy atom. The number of carbonyl (C=O) groups is 1. The summed E-state index contributed by atoms with van der Waals surface area (Å²) in [4.78, 5) is 19.2. The molecule has 35 heavy (non-hydrogen) atoms. The van der Waals surface area contributed by atoms with Crippen molar-refractivity contribution in [2.24, 2.45) is 11.3 Å². The van der Waals surface area contributed by atoms with Crippen LogP contribution in [0.2, 0.25) is 0 Å². The third-order valence-electron chi connectivity index (χ3n) is 8.63. The van der Waals surface area contributed by atoms with Crippen molar-refractivity contribution in [1.29, 1.82) is 0 Å². The topological polar surface area (TPSA) is 63.1 Å². The fourth-order valence-corrected chi connectivity index (χ4v) is 6.86. The first kappa shape index (κ1) is 24.9. The summed E-state index contributed by atoms with van der Waals surface area (Å²) in [5.74, 6) is 1.86. The summed E-state index contributed by atoms with van der Waals surface area (Å²) in [5.41, 5.74) is 1.17. The van der Waals surface area contributed by atoms with E-state index in [1.807, 2.05) is 32.8 Å². The molecule has 1 aliphatic carbocycles. The highest BCUT2D eigenvalue weighted by Gasteiger charge is 2.55. The normalized spacial score (nSPS) is 26.9. The highest BCUT2D eigenvalue weighted by atomic mass is 16.6. The molecule has 8 heteroatoms. The van der Waals surface area contributed by atoms with E-state index in [4.69, 9.17) is 14.6 Å². The van der Waals surface area contributed by atoms with Crippen LogP contribution in [0.4, 0.5) is 10.6 Å². The van der Waals surface area contributed by atoms with Gasteiger partial charge in [0.15, 0.2) is 5.82 Å². The van der Waals surface area contributed by atoms with E-state index in [1.54, 1.807) is 0 Å². The number of amides is 1. The number of aryl methyl sites for hydroxylation is 1. The Morgan fingerprint density at radius 1 is 1.17 bits per heavy atom. The fourth-order valence-electron chi connectivity index (χ4n) is 6.86. The molecule has 0 N–H and O–H groups in total. The quantitative estimate of drug-likeness (QED) is 0.623. The van der Waals surface area contributed by atoms with E-state index >= 15 is 0 Å². The molecule has 1 unspecified atom stereocenters. The molecule has 8 nitrogen and oxygen atoms in total. The molecular formula is C27H45N5O3. The summed E-state index contributed by atoms with van der Waals surface area (Å²) in [6, 6.07) is 2.71. The van der Waals surface area contributed by atoms with Crippen LogP contribution in [-0.2, 0) is 9.47 Å². The van der Waals surface area contributed by atoms with Gasteiger partial charge in [0.05, 0.1) is 12.1 Å². The standard InChI is InChI=1S/C27H45N5O3/c1-19-10-23(31-9-8-20(11-26(31,5)6)14-29-15-22(16-29)34-7)28-32(19)21-12-27(13-21)17-30(18-27)24(33)35-25(2,3)4/h10,20-22H,8-9,11-18H2,1-7H3. The lowest BCUT2D eigenvalue weighted by Crippen LogP contribution is -2.64. The molecule has 0 radical (unpaired) electrons.